The Morgan fingerprint density at radius 3 is 2.29 bits per heavy atom. The number of nitrogens with one attached hydrogen (secondary N) is 2. The number of fused-ring (bicyclic) bond motifs is 2. The SMILES string of the molecule is C.CCc1ccc(Nc2cc(N)c(Cc3ccc4c(c3)Cc3ccc(N)cc3N4)cc2N)cc1. The van der Waals surface area contributed by atoms with E-state index in [0.29, 0.717) is 5.69 Å². The van der Waals surface area contributed by atoms with E-state index in [1.807, 2.05) is 24.3 Å². The van der Waals surface area contributed by atoms with Gasteiger partial charge in [-0.15, -0.1) is 0 Å². The van der Waals surface area contributed by atoms with Gasteiger partial charge in [0.1, 0.15) is 0 Å². The molecular formula is C29H33N5. The molecule has 4 aromatic carbocycles. The number of anilines is 7. The fraction of sp³-hybridized carbons (Fsp3) is 0.172. The first-order chi connectivity index (χ1) is 16.0. The van der Waals surface area contributed by atoms with Crippen molar-refractivity contribution in [2.75, 3.05) is 27.8 Å². The molecule has 8 N–H and O–H groups in total. The van der Waals surface area contributed by atoms with Crippen LogP contribution in [0.25, 0.3) is 0 Å². The zero-order valence-electron chi connectivity index (χ0n) is 18.8. The van der Waals surface area contributed by atoms with Crippen molar-refractivity contribution in [3.63, 3.8) is 0 Å². The third kappa shape index (κ3) is 4.64. The van der Waals surface area contributed by atoms with Crippen LogP contribution in [0.3, 0.4) is 0 Å². The normalized spacial score (nSPS) is 11.6. The van der Waals surface area contributed by atoms with Crippen LogP contribution in [0.15, 0.2) is 72.8 Å². The summed E-state index contributed by atoms with van der Waals surface area (Å²) in [6, 6.07) is 24.8. The summed E-state index contributed by atoms with van der Waals surface area (Å²) in [5.41, 5.74) is 31.0. The Kier molecular flexibility index (Phi) is 6.37. The maximum absolute atomic E-state index is 6.43. The third-order valence-corrected chi connectivity index (χ3v) is 6.30. The van der Waals surface area contributed by atoms with E-state index in [2.05, 4.69) is 66.1 Å². The quantitative estimate of drug-likeness (QED) is 0.193. The lowest BCUT2D eigenvalue weighted by Crippen LogP contribution is -2.08. The maximum Gasteiger partial charge on any atom is 0.0638 e. The van der Waals surface area contributed by atoms with Gasteiger partial charge in [0, 0.05) is 34.9 Å². The highest BCUT2D eigenvalue weighted by Gasteiger charge is 2.16. The molecular weight excluding hydrogens is 418 g/mol. The first kappa shape index (κ1) is 23.1. The second kappa shape index (κ2) is 9.40. The van der Waals surface area contributed by atoms with Crippen molar-refractivity contribution in [2.45, 2.75) is 33.6 Å². The largest absolute Gasteiger partial charge is 0.399 e. The molecule has 4 aromatic rings. The van der Waals surface area contributed by atoms with Crippen molar-refractivity contribution in [1.29, 1.82) is 0 Å². The minimum Gasteiger partial charge on any atom is -0.399 e. The van der Waals surface area contributed by atoms with E-state index >= 15 is 0 Å². The van der Waals surface area contributed by atoms with Crippen LogP contribution in [0.2, 0.25) is 0 Å². The van der Waals surface area contributed by atoms with Crippen molar-refractivity contribution in [3.05, 3.63) is 101 Å². The molecule has 5 nitrogen and oxygen atoms in total. The third-order valence-electron chi connectivity index (χ3n) is 6.30. The van der Waals surface area contributed by atoms with Gasteiger partial charge in [-0.25, -0.2) is 0 Å². The fourth-order valence-corrected chi connectivity index (χ4v) is 4.38. The topological polar surface area (TPSA) is 102 Å². The van der Waals surface area contributed by atoms with Crippen LogP contribution in [-0.4, -0.2) is 0 Å². The minimum absolute atomic E-state index is 0. The van der Waals surface area contributed by atoms with Crippen molar-refractivity contribution in [3.8, 4) is 0 Å². The Labute approximate surface area is 202 Å². The van der Waals surface area contributed by atoms with Gasteiger partial charge in [0.15, 0.2) is 0 Å². The van der Waals surface area contributed by atoms with Gasteiger partial charge in [0.25, 0.3) is 0 Å². The monoisotopic (exact) mass is 451 g/mol. The predicted molar refractivity (Wildman–Crippen MR) is 147 cm³/mol. The van der Waals surface area contributed by atoms with Gasteiger partial charge in [0.05, 0.1) is 11.4 Å². The second-order valence-electron chi connectivity index (χ2n) is 8.70. The highest BCUT2D eigenvalue weighted by Crippen LogP contribution is 2.35. The fourth-order valence-electron chi connectivity index (χ4n) is 4.38. The maximum atomic E-state index is 6.43. The van der Waals surface area contributed by atoms with Crippen LogP contribution in [0, 0.1) is 0 Å². The number of nitrogen functional groups attached to an aromatic ring is 3. The molecule has 1 aliphatic rings. The summed E-state index contributed by atoms with van der Waals surface area (Å²) in [7, 11) is 0. The molecule has 174 valence electrons. The zero-order valence-corrected chi connectivity index (χ0v) is 18.8. The summed E-state index contributed by atoms with van der Waals surface area (Å²) in [4.78, 5) is 0. The average Bonchev–Trinajstić information content (AvgIpc) is 2.81. The molecule has 0 amide bonds. The van der Waals surface area contributed by atoms with Gasteiger partial charge in [-0.05, 0) is 83.1 Å². The summed E-state index contributed by atoms with van der Waals surface area (Å²) < 4.78 is 0. The molecule has 0 aliphatic carbocycles. The van der Waals surface area contributed by atoms with Crippen LogP contribution < -0.4 is 27.8 Å². The van der Waals surface area contributed by atoms with Gasteiger partial charge >= 0.3 is 0 Å². The van der Waals surface area contributed by atoms with Crippen LogP contribution >= 0.6 is 0 Å². The lowest BCUT2D eigenvalue weighted by molar-refractivity contribution is 1.12. The molecule has 5 heteroatoms. The number of nitrogens with two attached hydrogens (primary N) is 3. The summed E-state index contributed by atoms with van der Waals surface area (Å²) in [5, 5.41) is 6.89. The average molecular weight is 452 g/mol. The Hall–Kier alpha value is -4.12. The highest BCUT2D eigenvalue weighted by atomic mass is 14.9. The minimum atomic E-state index is 0. The standard InChI is InChI=1S/C28H29N5.CH4/c1-2-17-3-8-23(9-4-17)32-28-16-24(30)20(14-25(28)31)11-18-5-10-26-21(12-18)13-19-6-7-22(29)15-27(19)33-26;/h3-10,12,14-16,32-33H,2,11,13,29-31H2,1H3;1H4. The van der Waals surface area contributed by atoms with E-state index in [1.54, 1.807) is 0 Å². The Morgan fingerprint density at radius 1 is 0.765 bits per heavy atom. The molecule has 0 bridgehead atoms. The molecule has 5 rings (SSSR count). The van der Waals surface area contributed by atoms with Crippen LogP contribution in [0.5, 0.6) is 0 Å². The van der Waals surface area contributed by atoms with E-state index in [1.165, 1.54) is 22.3 Å². The molecule has 0 atom stereocenters. The summed E-state index contributed by atoms with van der Waals surface area (Å²) >= 11 is 0. The molecule has 0 saturated heterocycles. The molecule has 0 fully saturated rings. The van der Waals surface area contributed by atoms with Crippen molar-refractivity contribution in [1.82, 2.24) is 0 Å². The van der Waals surface area contributed by atoms with E-state index in [9.17, 15) is 0 Å². The van der Waals surface area contributed by atoms with Crippen LogP contribution in [0.1, 0.15) is 42.2 Å². The van der Waals surface area contributed by atoms with Gasteiger partial charge in [-0.1, -0.05) is 44.7 Å². The molecule has 0 saturated carbocycles. The lowest BCUT2D eigenvalue weighted by Gasteiger charge is -2.22. The number of rotatable bonds is 5. The first-order valence-corrected chi connectivity index (χ1v) is 11.3. The lowest BCUT2D eigenvalue weighted by atomic mass is 9.93. The number of aryl methyl sites for hydroxylation is 1. The van der Waals surface area contributed by atoms with Crippen LogP contribution in [-0.2, 0) is 19.3 Å². The highest BCUT2D eigenvalue weighted by molar-refractivity contribution is 5.78. The van der Waals surface area contributed by atoms with Gasteiger partial charge < -0.3 is 27.8 Å². The molecule has 0 aromatic heterocycles. The summed E-state index contributed by atoms with van der Waals surface area (Å²) in [6.45, 7) is 2.15. The zero-order chi connectivity index (χ0) is 22.9. The molecule has 0 unspecified atom stereocenters. The van der Waals surface area contributed by atoms with Crippen LogP contribution in [0.4, 0.5) is 39.8 Å². The molecule has 34 heavy (non-hydrogen) atoms. The van der Waals surface area contributed by atoms with E-state index in [0.717, 1.165) is 59.0 Å². The van der Waals surface area contributed by atoms with Gasteiger partial charge in [-0.2, -0.15) is 0 Å². The van der Waals surface area contributed by atoms with Gasteiger partial charge in [-0.3, -0.25) is 0 Å². The smallest absolute Gasteiger partial charge is 0.0638 e. The van der Waals surface area contributed by atoms with E-state index < -0.39 is 0 Å². The van der Waals surface area contributed by atoms with Crippen molar-refractivity contribution < 1.29 is 0 Å². The number of hydrogen-bond donors (Lipinski definition) is 5. The molecule has 1 aliphatic heterocycles. The van der Waals surface area contributed by atoms with E-state index in [4.69, 9.17) is 17.2 Å². The molecule has 0 spiro atoms. The number of hydrogen-bond acceptors (Lipinski definition) is 5. The Balaban J connectivity index is 0.00000274. The number of benzene rings is 4. The predicted octanol–water partition coefficient (Wildman–Crippen LogP) is 6.61. The Morgan fingerprint density at radius 2 is 1.53 bits per heavy atom. The summed E-state index contributed by atoms with van der Waals surface area (Å²) in [6.07, 6.45) is 2.62. The molecule has 0 radical (unpaired) electrons. The van der Waals surface area contributed by atoms with Crippen molar-refractivity contribution >= 4 is 39.8 Å². The van der Waals surface area contributed by atoms with E-state index in [-0.39, 0.29) is 7.43 Å². The first-order valence-electron chi connectivity index (χ1n) is 11.3. The molecule has 1 heterocycles. The van der Waals surface area contributed by atoms with Gasteiger partial charge in [0.2, 0.25) is 0 Å². The Bertz CT molecular complexity index is 1330. The van der Waals surface area contributed by atoms with Crippen molar-refractivity contribution in [2.24, 2.45) is 0 Å². The second-order valence-corrected chi connectivity index (χ2v) is 8.70. The summed E-state index contributed by atoms with van der Waals surface area (Å²) in [5.74, 6) is 0.